The van der Waals surface area contributed by atoms with Crippen LogP contribution in [-0.2, 0) is 29.0 Å². The van der Waals surface area contributed by atoms with Crippen LogP contribution in [-0.4, -0.2) is 119 Å². The Labute approximate surface area is 304 Å². The molecule has 2 aromatic carbocycles. The number of likely N-dealkylation sites (N-methyl/N-ethyl adjacent to an activating group) is 1. The molecular weight excluding hydrogens is 692 g/mol. The zero-order valence-corrected chi connectivity index (χ0v) is 31.4. The molecule has 0 aromatic heterocycles. The third-order valence-corrected chi connectivity index (χ3v) is 15.6. The van der Waals surface area contributed by atoms with Crippen molar-refractivity contribution in [3.8, 4) is 11.5 Å². The molecule has 1 spiro atoms. The van der Waals surface area contributed by atoms with Gasteiger partial charge in [-0.3, -0.25) is 9.62 Å². The summed E-state index contributed by atoms with van der Waals surface area (Å²) in [6.07, 6.45) is 1.34. The molecule has 14 heteroatoms. The Balaban J connectivity index is 1.18. The van der Waals surface area contributed by atoms with Gasteiger partial charge in [0.15, 0.2) is 11.5 Å². The van der Waals surface area contributed by atoms with Gasteiger partial charge in [0.1, 0.15) is 16.8 Å². The van der Waals surface area contributed by atoms with E-state index in [0.717, 1.165) is 0 Å². The van der Waals surface area contributed by atoms with E-state index in [2.05, 4.69) is 16.5 Å². The third kappa shape index (κ3) is 4.42. The van der Waals surface area contributed by atoms with Gasteiger partial charge in [-0.05, 0) is 56.5 Å². The normalized spacial score (nSPS) is 41.4. The van der Waals surface area contributed by atoms with E-state index in [9.17, 15) is 23.4 Å². The third-order valence-electron chi connectivity index (χ3n) is 14.2. The van der Waals surface area contributed by atoms with Gasteiger partial charge in [-0.25, -0.2) is 13.2 Å². The van der Waals surface area contributed by atoms with Crippen LogP contribution in [0.2, 0.25) is 0 Å². The fourth-order valence-corrected chi connectivity index (χ4v) is 13.7. The number of ether oxygens (including phenoxy) is 6. The van der Waals surface area contributed by atoms with Crippen LogP contribution in [0.15, 0.2) is 47.4 Å². The van der Waals surface area contributed by atoms with Gasteiger partial charge in [-0.2, -0.15) is 0 Å². The minimum Gasteiger partial charge on any atom is -0.493 e. The van der Waals surface area contributed by atoms with Gasteiger partial charge in [-0.1, -0.05) is 19.1 Å². The maximum Gasteiger partial charge on any atom is 0.340 e. The molecule has 12 atom stereocenters. The first-order valence-corrected chi connectivity index (χ1v) is 19.7. The van der Waals surface area contributed by atoms with Crippen molar-refractivity contribution < 1.29 is 51.8 Å². The lowest BCUT2D eigenvalue weighted by molar-refractivity contribution is -0.337. The Morgan fingerprint density at radius 2 is 1.71 bits per heavy atom. The highest BCUT2D eigenvalue weighted by atomic mass is 32.2. The van der Waals surface area contributed by atoms with Gasteiger partial charge in [0.25, 0.3) is 10.0 Å². The maximum atomic E-state index is 14.5. The molecule has 1 aliphatic heterocycles. The van der Waals surface area contributed by atoms with Crippen LogP contribution in [0.5, 0.6) is 11.5 Å². The van der Waals surface area contributed by atoms with Gasteiger partial charge in [0.05, 0.1) is 48.7 Å². The van der Waals surface area contributed by atoms with Crippen LogP contribution in [0, 0.1) is 29.1 Å². The molecule has 1 unspecified atom stereocenters. The van der Waals surface area contributed by atoms with Crippen LogP contribution in [0.25, 0.3) is 0 Å². The molecule has 3 N–H and O–H groups in total. The number of nitrogens with one attached hydrogen (secondary N) is 1. The predicted molar refractivity (Wildman–Crippen MR) is 188 cm³/mol. The summed E-state index contributed by atoms with van der Waals surface area (Å²) in [6.45, 7) is 3.17. The molecule has 5 saturated carbocycles. The molecule has 6 aliphatic rings. The van der Waals surface area contributed by atoms with Crippen molar-refractivity contribution >= 4 is 21.7 Å². The summed E-state index contributed by atoms with van der Waals surface area (Å²) in [5.41, 5.74) is -4.54. The first kappa shape index (κ1) is 36.0. The van der Waals surface area contributed by atoms with E-state index >= 15 is 0 Å². The number of piperidine rings is 1. The smallest absolute Gasteiger partial charge is 0.340 e. The maximum absolute atomic E-state index is 14.5. The van der Waals surface area contributed by atoms with Crippen LogP contribution in [0.3, 0.4) is 0 Å². The molecule has 284 valence electrons. The summed E-state index contributed by atoms with van der Waals surface area (Å²) in [4.78, 5) is 16.8. The lowest BCUT2D eigenvalue weighted by Gasteiger charge is -2.70. The number of fused-ring (bicyclic) bond motifs is 2. The average Bonchev–Trinajstić information content (AvgIpc) is 3.57. The summed E-state index contributed by atoms with van der Waals surface area (Å²) in [5.74, 6) is -1.16. The van der Waals surface area contributed by atoms with E-state index in [-0.39, 0.29) is 57.9 Å². The average molecular weight is 743 g/mol. The van der Waals surface area contributed by atoms with Gasteiger partial charge in [0, 0.05) is 75.5 Å². The summed E-state index contributed by atoms with van der Waals surface area (Å²) in [6, 6.07) is 10.6. The number of hydrogen-bond donors (Lipinski definition) is 3. The number of benzene rings is 2. The second-order valence-corrected chi connectivity index (χ2v) is 17.3. The van der Waals surface area contributed by atoms with Crippen molar-refractivity contribution in [1.82, 2.24) is 4.90 Å². The summed E-state index contributed by atoms with van der Waals surface area (Å²) in [5, 5.41) is 26.0. The van der Waals surface area contributed by atoms with Gasteiger partial charge >= 0.3 is 5.97 Å². The van der Waals surface area contributed by atoms with Gasteiger partial charge in [0.2, 0.25) is 0 Å². The number of rotatable bonds is 11. The topological polar surface area (TPSA) is 162 Å². The number of anilines is 1. The SMILES string of the molecule is CCN1C[C@]2(OC(=O)c3ccccc3NS(=O)(=O)c3ccc(OC)c(OC)c3)CC[C@H](OC)[C@]34C1[C@H](C[C@H]23)[C@@]1(O)C[C@H](OC)[C@H]2C[C@@H]4[C@]1(O)[C@H]2OC. The Morgan fingerprint density at radius 1 is 0.962 bits per heavy atom. The lowest BCUT2D eigenvalue weighted by atomic mass is 9.44. The summed E-state index contributed by atoms with van der Waals surface area (Å²) < 4.78 is 65.8. The monoisotopic (exact) mass is 742 g/mol. The van der Waals surface area contributed by atoms with Crippen molar-refractivity contribution in [3.63, 3.8) is 0 Å². The zero-order valence-electron chi connectivity index (χ0n) is 30.5. The number of nitrogens with zero attached hydrogens (tertiary/aromatic N) is 1. The molecule has 8 rings (SSSR count). The molecule has 2 aromatic rings. The Bertz CT molecular complexity index is 1860. The number of likely N-dealkylation sites (tertiary alicyclic amines) is 1. The Hall–Kier alpha value is -2.98. The minimum atomic E-state index is -4.16. The number of para-hydroxylation sites is 1. The highest BCUT2D eigenvalue weighted by molar-refractivity contribution is 7.92. The molecule has 13 nitrogen and oxygen atoms in total. The highest BCUT2D eigenvalue weighted by Crippen LogP contribution is 2.79. The number of methoxy groups -OCH3 is 5. The first-order chi connectivity index (χ1) is 24.8. The molecular formula is C38H50N2O11S. The summed E-state index contributed by atoms with van der Waals surface area (Å²) >= 11 is 0. The van der Waals surface area contributed by atoms with Crippen LogP contribution in [0.4, 0.5) is 5.69 Å². The van der Waals surface area contributed by atoms with E-state index in [4.69, 9.17) is 28.4 Å². The molecule has 6 fully saturated rings. The first-order valence-electron chi connectivity index (χ1n) is 18.2. The number of aliphatic hydroxyl groups is 2. The minimum absolute atomic E-state index is 0.0664. The van der Waals surface area contributed by atoms with Crippen molar-refractivity contribution in [3.05, 3.63) is 48.0 Å². The van der Waals surface area contributed by atoms with E-state index < -0.39 is 50.2 Å². The van der Waals surface area contributed by atoms with Crippen LogP contribution >= 0.6 is 0 Å². The van der Waals surface area contributed by atoms with E-state index in [1.54, 1.807) is 39.5 Å². The Morgan fingerprint density at radius 3 is 2.38 bits per heavy atom. The highest BCUT2D eigenvalue weighted by Gasteiger charge is 2.89. The van der Waals surface area contributed by atoms with Crippen molar-refractivity contribution in [1.29, 1.82) is 0 Å². The number of sulfonamides is 1. The molecule has 1 saturated heterocycles. The number of carbonyl (C=O) groups excluding carboxylic acids is 1. The van der Waals surface area contributed by atoms with Gasteiger partial charge < -0.3 is 38.6 Å². The van der Waals surface area contributed by atoms with E-state index in [1.807, 2.05) is 0 Å². The van der Waals surface area contributed by atoms with Gasteiger partial charge in [-0.15, -0.1) is 0 Å². The second-order valence-electron chi connectivity index (χ2n) is 15.6. The second kappa shape index (κ2) is 12.3. The van der Waals surface area contributed by atoms with E-state index in [1.165, 1.54) is 38.5 Å². The Kier molecular flexibility index (Phi) is 8.50. The number of esters is 1. The summed E-state index contributed by atoms with van der Waals surface area (Å²) in [7, 11) is 3.70. The predicted octanol–water partition coefficient (Wildman–Crippen LogP) is 3.08. The van der Waals surface area contributed by atoms with Crippen LogP contribution in [0.1, 0.15) is 49.4 Å². The molecule has 1 heterocycles. The van der Waals surface area contributed by atoms with Crippen molar-refractivity contribution in [2.24, 2.45) is 29.1 Å². The molecule has 5 aliphatic carbocycles. The molecule has 52 heavy (non-hydrogen) atoms. The number of carbonyl (C=O) groups is 1. The fourth-order valence-electron chi connectivity index (χ4n) is 12.6. The zero-order chi connectivity index (χ0) is 37.0. The standard InChI is InChI=1S/C38H50N2O11S/c1-7-40-20-35(51-34(41)22-10-8-9-11-25(22)39-52(44,45)21-12-13-26(46-2)27(16-21)47-3)15-14-31(49-5)37-29(35)18-24(32(37)40)36(42)19-28(48-4)23-17-30(37)38(36,43)33(23)50-6/h8-13,16,23-24,28-33,39,42-43H,7,14-15,17-20H2,1-6H3/t23-,24+,28+,29-,30+,31+,32?,33+,35-,36+,37+,38+/m1/s1. The molecule has 7 bridgehead atoms. The molecule has 0 radical (unpaired) electrons. The fraction of sp³-hybridized carbons (Fsp3) is 0.658. The number of hydrogen-bond acceptors (Lipinski definition) is 12. The quantitative estimate of drug-likeness (QED) is 0.289. The molecule has 0 amide bonds. The van der Waals surface area contributed by atoms with Crippen LogP contribution < -0.4 is 14.2 Å². The van der Waals surface area contributed by atoms with Crippen molar-refractivity contribution in [2.75, 3.05) is 53.4 Å². The van der Waals surface area contributed by atoms with E-state index in [0.29, 0.717) is 50.9 Å². The van der Waals surface area contributed by atoms with Crippen molar-refractivity contribution in [2.45, 2.75) is 85.1 Å². The lowest BCUT2D eigenvalue weighted by Crippen LogP contribution is -2.83. The largest absolute Gasteiger partial charge is 0.493 e.